The number of esters is 1. The average molecular weight is 294 g/mol. The Balaban J connectivity index is 2.24. The molecule has 7 heteroatoms. The van der Waals surface area contributed by atoms with E-state index >= 15 is 0 Å². The number of amides is 1. The summed E-state index contributed by atoms with van der Waals surface area (Å²) in [5.41, 5.74) is 6.87. The van der Waals surface area contributed by atoms with Gasteiger partial charge in [0.15, 0.2) is 0 Å². The summed E-state index contributed by atoms with van der Waals surface area (Å²) in [6, 6.07) is 5.95. The van der Waals surface area contributed by atoms with E-state index < -0.39 is 11.9 Å². The molecule has 1 aromatic carbocycles. The van der Waals surface area contributed by atoms with Gasteiger partial charge >= 0.3 is 5.97 Å². The van der Waals surface area contributed by atoms with E-state index in [1.54, 1.807) is 0 Å². The molecule has 2 rings (SSSR count). The maximum atomic E-state index is 12.0. The summed E-state index contributed by atoms with van der Waals surface area (Å²) >= 11 is 5.98. The first-order valence-corrected chi connectivity index (χ1v) is 6.02. The predicted molar refractivity (Wildman–Crippen MR) is 75.9 cm³/mol. The lowest BCUT2D eigenvalue weighted by Gasteiger charge is -2.08. The first-order valence-electron chi connectivity index (χ1n) is 5.64. The molecule has 0 unspecified atom stereocenters. The van der Waals surface area contributed by atoms with E-state index in [1.807, 2.05) is 0 Å². The smallest absolute Gasteiger partial charge is 0.337 e. The fraction of sp³-hybridized carbons (Fsp3) is 0.0769. The molecule has 104 valence electrons. The van der Waals surface area contributed by atoms with Crippen LogP contribution in [0, 0.1) is 0 Å². The van der Waals surface area contributed by atoms with Gasteiger partial charge < -0.3 is 20.8 Å². The number of aromatic amines is 1. The van der Waals surface area contributed by atoms with Gasteiger partial charge in [-0.2, -0.15) is 0 Å². The maximum absolute atomic E-state index is 12.0. The van der Waals surface area contributed by atoms with Crippen LogP contribution in [0.25, 0.3) is 0 Å². The third-order valence-electron chi connectivity index (χ3n) is 2.59. The van der Waals surface area contributed by atoms with Crippen LogP contribution in [0.4, 0.5) is 11.4 Å². The Hall–Kier alpha value is -2.47. The van der Waals surface area contributed by atoms with Crippen molar-refractivity contribution >= 4 is 34.9 Å². The highest BCUT2D eigenvalue weighted by Crippen LogP contribution is 2.24. The molecule has 0 atom stereocenters. The number of halogens is 1. The Morgan fingerprint density at radius 3 is 2.70 bits per heavy atom. The van der Waals surface area contributed by atoms with Crippen molar-refractivity contribution in [3.8, 4) is 0 Å². The van der Waals surface area contributed by atoms with Crippen LogP contribution in [0.1, 0.15) is 20.8 Å². The number of carbonyl (C=O) groups excluding carboxylic acids is 2. The molecule has 0 fully saturated rings. The number of ether oxygens (including phenoxy) is 1. The monoisotopic (exact) mass is 293 g/mol. The van der Waals surface area contributed by atoms with Crippen molar-refractivity contribution < 1.29 is 14.3 Å². The fourth-order valence-electron chi connectivity index (χ4n) is 1.60. The first kappa shape index (κ1) is 14.0. The molecule has 4 N–H and O–H groups in total. The lowest BCUT2D eigenvalue weighted by atomic mass is 10.2. The number of rotatable bonds is 3. The number of H-pyrrole nitrogens is 1. The lowest BCUT2D eigenvalue weighted by Crippen LogP contribution is -2.13. The van der Waals surface area contributed by atoms with Crippen molar-refractivity contribution in [3.05, 3.63) is 46.7 Å². The maximum Gasteiger partial charge on any atom is 0.337 e. The van der Waals surface area contributed by atoms with E-state index in [0.29, 0.717) is 22.1 Å². The van der Waals surface area contributed by atoms with Crippen LogP contribution in [0.2, 0.25) is 5.02 Å². The van der Waals surface area contributed by atoms with Gasteiger partial charge in [0, 0.05) is 11.9 Å². The quantitative estimate of drug-likeness (QED) is 0.756. The number of carbonyl (C=O) groups is 2. The van der Waals surface area contributed by atoms with Crippen molar-refractivity contribution in [1.29, 1.82) is 0 Å². The Bertz CT molecular complexity index is 667. The summed E-state index contributed by atoms with van der Waals surface area (Å²) in [6.07, 6.45) is 1.50. The minimum atomic E-state index is -0.513. The molecule has 6 nitrogen and oxygen atoms in total. The van der Waals surface area contributed by atoms with Crippen molar-refractivity contribution in [3.63, 3.8) is 0 Å². The van der Waals surface area contributed by atoms with Gasteiger partial charge in [0.2, 0.25) is 0 Å². The number of nitrogens with one attached hydrogen (secondary N) is 2. The van der Waals surface area contributed by atoms with Crippen LogP contribution in [-0.4, -0.2) is 24.0 Å². The second-order valence-corrected chi connectivity index (χ2v) is 4.39. The minimum Gasteiger partial charge on any atom is -0.465 e. The van der Waals surface area contributed by atoms with Crippen molar-refractivity contribution in [1.82, 2.24) is 4.98 Å². The van der Waals surface area contributed by atoms with E-state index in [0.717, 1.165) is 0 Å². The summed E-state index contributed by atoms with van der Waals surface area (Å²) in [5.74, 6) is -0.924. The Morgan fingerprint density at radius 1 is 1.35 bits per heavy atom. The normalized spacial score (nSPS) is 10.1. The first-order chi connectivity index (χ1) is 9.51. The summed E-state index contributed by atoms with van der Waals surface area (Å²) in [4.78, 5) is 26.1. The van der Waals surface area contributed by atoms with Gasteiger partial charge in [0.25, 0.3) is 5.91 Å². The largest absolute Gasteiger partial charge is 0.465 e. The molecule has 0 aliphatic rings. The van der Waals surface area contributed by atoms with E-state index in [2.05, 4.69) is 15.0 Å². The Kier molecular flexibility index (Phi) is 3.95. The van der Waals surface area contributed by atoms with Gasteiger partial charge in [-0.25, -0.2) is 4.79 Å². The number of anilines is 2. The molecule has 0 aliphatic heterocycles. The standard InChI is InChI=1S/C13H12ClN3O3/c1-20-13(19)7-2-3-9(14)10(4-7)17-12(18)11-5-8(15)6-16-11/h2-6,16H,15H2,1H3,(H,17,18). The van der Waals surface area contributed by atoms with Crippen molar-refractivity contribution in [2.24, 2.45) is 0 Å². The molecule has 0 bridgehead atoms. The number of methoxy groups -OCH3 is 1. The molecule has 2 aromatic rings. The van der Waals surface area contributed by atoms with Crippen LogP contribution in [0.3, 0.4) is 0 Å². The summed E-state index contributed by atoms with van der Waals surface area (Å²) in [6.45, 7) is 0. The molecule has 0 aliphatic carbocycles. The lowest BCUT2D eigenvalue weighted by molar-refractivity contribution is 0.0600. The molecular weight excluding hydrogens is 282 g/mol. The SMILES string of the molecule is COC(=O)c1ccc(Cl)c(NC(=O)c2cc(N)c[nH]2)c1. The second kappa shape index (κ2) is 5.66. The minimum absolute atomic E-state index is 0.290. The van der Waals surface area contributed by atoms with Crippen molar-refractivity contribution in [2.75, 3.05) is 18.2 Å². The predicted octanol–water partition coefficient (Wildman–Crippen LogP) is 2.29. The van der Waals surface area contributed by atoms with Crippen LogP contribution in [-0.2, 0) is 4.74 Å². The van der Waals surface area contributed by atoms with Gasteiger partial charge in [-0.3, -0.25) is 4.79 Å². The molecule has 1 amide bonds. The third-order valence-corrected chi connectivity index (χ3v) is 2.92. The zero-order valence-corrected chi connectivity index (χ0v) is 11.3. The van der Waals surface area contributed by atoms with Crippen LogP contribution >= 0.6 is 11.6 Å². The van der Waals surface area contributed by atoms with E-state index in [9.17, 15) is 9.59 Å². The number of hydrogen-bond acceptors (Lipinski definition) is 4. The zero-order valence-electron chi connectivity index (χ0n) is 10.6. The molecule has 0 radical (unpaired) electrons. The second-order valence-electron chi connectivity index (χ2n) is 3.99. The average Bonchev–Trinajstić information content (AvgIpc) is 2.87. The molecule has 0 spiro atoms. The fourth-order valence-corrected chi connectivity index (χ4v) is 1.76. The van der Waals surface area contributed by atoms with Crippen molar-refractivity contribution in [2.45, 2.75) is 0 Å². The highest BCUT2D eigenvalue weighted by Gasteiger charge is 2.13. The topological polar surface area (TPSA) is 97.2 Å². The number of hydrogen-bond donors (Lipinski definition) is 3. The van der Waals surface area contributed by atoms with Gasteiger partial charge in [0.1, 0.15) is 5.69 Å². The van der Waals surface area contributed by atoms with E-state index in [-0.39, 0.29) is 5.56 Å². The highest BCUT2D eigenvalue weighted by atomic mass is 35.5. The zero-order chi connectivity index (χ0) is 14.7. The molecule has 1 aromatic heterocycles. The summed E-state index contributed by atoms with van der Waals surface area (Å²) in [7, 11) is 1.27. The molecule has 0 saturated carbocycles. The van der Waals surface area contributed by atoms with Gasteiger partial charge in [-0.05, 0) is 24.3 Å². The Morgan fingerprint density at radius 2 is 2.10 bits per heavy atom. The van der Waals surface area contributed by atoms with Gasteiger partial charge in [-0.1, -0.05) is 11.6 Å². The number of nitrogen functional groups attached to an aromatic ring is 1. The number of benzene rings is 1. The van der Waals surface area contributed by atoms with Crippen LogP contribution in [0.5, 0.6) is 0 Å². The molecule has 0 saturated heterocycles. The van der Waals surface area contributed by atoms with Gasteiger partial charge in [-0.15, -0.1) is 0 Å². The van der Waals surface area contributed by atoms with Crippen LogP contribution in [0.15, 0.2) is 30.5 Å². The highest BCUT2D eigenvalue weighted by molar-refractivity contribution is 6.34. The molecular formula is C13H12ClN3O3. The molecule has 1 heterocycles. The number of nitrogens with two attached hydrogens (primary N) is 1. The Labute approximate surface area is 119 Å². The van der Waals surface area contributed by atoms with Gasteiger partial charge in [0.05, 0.1) is 23.4 Å². The number of aromatic nitrogens is 1. The van der Waals surface area contributed by atoms with E-state index in [4.69, 9.17) is 17.3 Å². The molecule has 20 heavy (non-hydrogen) atoms. The van der Waals surface area contributed by atoms with Crippen LogP contribution < -0.4 is 11.1 Å². The van der Waals surface area contributed by atoms with E-state index in [1.165, 1.54) is 37.6 Å². The summed E-state index contributed by atoms with van der Waals surface area (Å²) in [5, 5.41) is 2.90. The summed E-state index contributed by atoms with van der Waals surface area (Å²) < 4.78 is 4.61. The third kappa shape index (κ3) is 2.92.